The van der Waals surface area contributed by atoms with E-state index in [1.165, 1.54) is 5.56 Å². The zero-order valence-electron chi connectivity index (χ0n) is 14.7. The number of aryl methyl sites for hydroxylation is 2. The smallest absolute Gasteiger partial charge is 0.194 e. The van der Waals surface area contributed by atoms with Crippen molar-refractivity contribution in [3.63, 3.8) is 0 Å². The topological polar surface area (TPSA) is 75.5 Å². The second-order valence-electron chi connectivity index (χ2n) is 5.58. The Balaban J connectivity index is 0.000000570. The fraction of sp³-hybridized carbons (Fsp3) is 0.444. The average molecular weight is 510 g/mol. The zero-order chi connectivity index (χ0) is 17.4. The molecule has 1 radical (unpaired) electrons. The minimum atomic E-state index is -0.375. The molecule has 135 valence electrons. The molecule has 1 aromatic heterocycles. The second kappa shape index (κ2) is 11.3. The maximum Gasteiger partial charge on any atom is 0.194 e. The average Bonchev–Trinajstić information content (AvgIpc) is 2.47. The number of aliphatic hydroxyl groups is 2. The van der Waals surface area contributed by atoms with Crippen LogP contribution in [0.4, 0.5) is 0 Å². The SMILES string of the molecule is CC(O)CC(C)O.COc1nc(C)cnc1-c1[c-]cc(C)cc1.[Ir]. The number of benzene rings is 1. The van der Waals surface area contributed by atoms with Gasteiger partial charge in [0.05, 0.1) is 25.0 Å². The van der Waals surface area contributed by atoms with Crippen molar-refractivity contribution in [1.82, 2.24) is 9.97 Å². The molecule has 0 spiro atoms. The molecule has 2 rings (SSSR count). The van der Waals surface area contributed by atoms with Crippen molar-refractivity contribution in [2.24, 2.45) is 0 Å². The van der Waals surface area contributed by atoms with Gasteiger partial charge in [0.1, 0.15) is 0 Å². The molecule has 0 aliphatic carbocycles. The fourth-order valence-electron chi connectivity index (χ4n) is 1.93. The van der Waals surface area contributed by atoms with Gasteiger partial charge in [-0.1, -0.05) is 6.92 Å². The van der Waals surface area contributed by atoms with E-state index in [9.17, 15) is 0 Å². The molecule has 2 unspecified atom stereocenters. The van der Waals surface area contributed by atoms with E-state index in [1.54, 1.807) is 27.2 Å². The minimum absolute atomic E-state index is 0. The first kappa shape index (κ1) is 22.7. The Labute approximate surface area is 157 Å². The molecule has 0 aliphatic heterocycles. The number of aromatic nitrogens is 2. The van der Waals surface area contributed by atoms with Crippen molar-refractivity contribution in [2.45, 2.75) is 46.3 Å². The number of nitrogens with zero attached hydrogens (tertiary/aromatic N) is 2. The number of hydrogen-bond donors (Lipinski definition) is 2. The number of rotatable bonds is 4. The van der Waals surface area contributed by atoms with Gasteiger partial charge < -0.3 is 14.9 Å². The summed E-state index contributed by atoms with van der Waals surface area (Å²) in [6, 6.07) is 9.08. The minimum Gasteiger partial charge on any atom is -0.486 e. The molecule has 0 saturated heterocycles. The van der Waals surface area contributed by atoms with Gasteiger partial charge in [0.15, 0.2) is 5.88 Å². The Morgan fingerprint density at radius 3 is 2.21 bits per heavy atom. The van der Waals surface area contributed by atoms with Gasteiger partial charge in [-0.3, -0.25) is 4.98 Å². The van der Waals surface area contributed by atoms with Crippen LogP contribution in [-0.2, 0) is 20.1 Å². The summed E-state index contributed by atoms with van der Waals surface area (Å²) >= 11 is 0. The maximum atomic E-state index is 8.56. The number of methoxy groups -OCH3 is 1. The van der Waals surface area contributed by atoms with Crippen LogP contribution in [0.3, 0.4) is 0 Å². The van der Waals surface area contributed by atoms with Crippen molar-refractivity contribution in [2.75, 3.05) is 7.11 Å². The summed E-state index contributed by atoms with van der Waals surface area (Å²) in [6.45, 7) is 7.23. The Morgan fingerprint density at radius 2 is 1.79 bits per heavy atom. The Bertz CT molecular complexity index is 596. The van der Waals surface area contributed by atoms with Crippen LogP contribution in [0.1, 0.15) is 31.5 Å². The molecule has 24 heavy (non-hydrogen) atoms. The standard InChI is InChI=1S/C13H13N2O.C5H12O2.Ir/c1-9-4-6-11(7-5-9)12-13(16-3)15-10(2)8-14-12;1-4(6)3-5(2)7;/h4-6,8H,1-3H3;4-7H,3H2,1-2H3;/q-1;;. The van der Waals surface area contributed by atoms with Gasteiger partial charge in [0.2, 0.25) is 0 Å². The van der Waals surface area contributed by atoms with E-state index in [2.05, 4.69) is 16.0 Å². The first-order valence-electron chi connectivity index (χ1n) is 7.56. The molecular formula is C18H25IrN2O3-. The summed E-state index contributed by atoms with van der Waals surface area (Å²) in [6.07, 6.45) is 1.45. The second-order valence-corrected chi connectivity index (χ2v) is 5.58. The summed E-state index contributed by atoms with van der Waals surface area (Å²) in [5.74, 6) is 0.542. The summed E-state index contributed by atoms with van der Waals surface area (Å²) in [5.41, 5.74) is 3.64. The van der Waals surface area contributed by atoms with Gasteiger partial charge in [-0.05, 0) is 27.2 Å². The summed E-state index contributed by atoms with van der Waals surface area (Å²) in [7, 11) is 1.60. The van der Waals surface area contributed by atoms with Crippen molar-refractivity contribution in [3.05, 3.63) is 41.7 Å². The van der Waals surface area contributed by atoms with Crippen LogP contribution in [0.15, 0.2) is 24.4 Å². The summed E-state index contributed by atoms with van der Waals surface area (Å²) in [4.78, 5) is 8.62. The Hall–Kier alpha value is -1.33. The summed E-state index contributed by atoms with van der Waals surface area (Å²) < 4.78 is 5.22. The maximum absolute atomic E-state index is 8.56. The van der Waals surface area contributed by atoms with E-state index in [4.69, 9.17) is 14.9 Å². The van der Waals surface area contributed by atoms with Crippen LogP contribution >= 0.6 is 0 Å². The molecular weight excluding hydrogens is 484 g/mol. The summed E-state index contributed by atoms with van der Waals surface area (Å²) in [5, 5.41) is 17.1. The van der Waals surface area contributed by atoms with Gasteiger partial charge >= 0.3 is 0 Å². The van der Waals surface area contributed by atoms with Crippen molar-refractivity contribution >= 4 is 0 Å². The molecule has 1 heterocycles. The zero-order valence-corrected chi connectivity index (χ0v) is 17.1. The molecule has 2 aromatic rings. The van der Waals surface area contributed by atoms with Gasteiger partial charge in [-0.15, -0.1) is 35.4 Å². The van der Waals surface area contributed by atoms with Crippen LogP contribution in [-0.4, -0.2) is 39.5 Å². The predicted molar refractivity (Wildman–Crippen MR) is 90.3 cm³/mol. The van der Waals surface area contributed by atoms with E-state index in [0.29, 0.717) is 12.3 Å². The van der Waals surface area contributed by atoms with Crippen molar-refractivity contribution in [1.29, 1.82) is 0 Å². The molecule has 2 atom stereocenters. The molecule has 0 bridgehead atoms. The van der Waals surface area contributed by atoms with E-state index in [0.717, 1.165) is 17.0 Å². The molecule has 1 aromatic carbocycles. The normalized spacial score (nSPS) is 12.3. The van der Waals surface area contributed by atoms with E-state index >= 15 is 0 Å². The molecule has 0 saturated carbocycles. The fourth-order valence-corrected chi connectivity index (χ4v) is 1.93. The third-order valence-electron chi connectivity index (χ3n) is 2.96. The molecule has 6 heteroatoms. The van der Waals surface area contributed by atoms with Crippen molar-refractivity contribution in [3.8, 4) is 17.1 Å². The Kier molecular flexibility index (Phi) is 10.6. The van der Waals surface area contributed by atoms with Gasteiger partial charge in [0.25, 0.3) is 0 Å². The van der Waals surface area contributed by atoms with Gasteiger partial charge in [0, 0.05) is 32.0 Å². The van der Waals surface area contributed by atoms with Crippen LogP contribution in [0.25, 0.3) is 11.3 Å². The van der Waals surface area contributed by atoms with Crippen LogP contribution in [0.2, 0.25) is 0 Å². The molecule has 2 N–H and O–H groups in total. The quantitative estimate of drug-likeness (QED) is 0.620. The third-order valence-corrected chi connectivity index (χ3v) is 2.96. The first-order valence-corrected chi connectivity index (χ1v) is 7.56. The monoisotopic (exact) mass is 510 g/mol. The number of aliphatic hydroxyl groups excluding tert-OH is 2. The molecule has 0 aliphatic rings. The van der Waals surface area contributed by atoms with Gasteiger partial charge in [-0.2, -0.15) is 0 Å². The predicted octanol–water partition coefficient (Wildman–Crippen LogP) is 2.70. The van der Waals surface area contributed by atoms with Crippen LogP contribution in [0.5, 0.6) is 5.88 Å². The van der Waals surface area contributed by atoms with E-state index in [1.807, 2.05) is 32.0 Å². The molecule has 5 nitrogen and oxygen atoms in total. The van der Waals surface area contributed by atoms with Gasteiger partial charge in [-0.25, -0.2) is 4.98 Å². The van der Waals surface area contributed by atoms with Crippen LogP contribution < -0.4 is 4.74 Å². The van der Waals surface area contributed by atoms with Crippen LogP contribution in [0, 0.1) is 19.9 Å². The number of hydrogen-bond acceptors (Lipinski definition) is 5. The number of ether oxygens (including phenoxy) is 1. The molecule has 0 fully saturated rings. The van der Waals surface area contributed by atoms with E-state index in [-0.39, 0.29) is 32.3 Å². The first-order chi connectivity index (χ1) is 10.8. The molecule has 0 amide bonds. The largest absolute Gasteiger partial charge is 0.486 e. The van der Waals surface area contributed by atoms with E-state index < -0.39 is 0 Å². The van der Waals surface area contributed by atoms with Crippen molar-refractivity contribution < 1.29 is 35.1 Å². The third kappa shape index (κ3) is 7.97. The Morgan fingerprint density at radius 1 is 1.17 bits per heavy atom.